The summed E-state index contributed by atoms with van der Waals surface area (Å²) in [6.45, 7) is 0. The second-order valence-corrected chi connectivity index (χ2v) is 12.9. The van der Waals surface area contributed by atoms with E-state index in [4.69, 9.17) is 27.6 Å². The fraction of sp³-hybridized carbons (Fsp3) is 0.0769. The topological polar surface area (TPSA) is 92.7 Å². The lowest BCUT2D eigenvalue weighted by Crippen LogP contribution is -2.33. The van der Waals surface area contributed by atoms with Gasteiger partial charge in [0.15, 0.2) is 28.6 Å². The van der Waals surface area contributed by atoms with Crippen molar-refractivity contribution in [1.82, 2.24) is 0 Å². The van der Waals surface area contributed by atoms with E-state index in [1.54, 1.807) is 61.7 Å². The Hall–Kier alpha value is -5.26. The number of hydrogen-bond donors (Lipinski definition) is 1. The molecule has 8 nitrogen and oxygen atoms in total. The minimum Gasteiger partial charge on any atom is -0.504 e. The molecular weight excluding hydrogens is 658 g/mol. The van der Waals surface area contributed by atoms with Gasteiger partial charge in [-0.2, -0.15) is 0 Å². The van der Waals surface area contributed by atoms with E-state index in [9.17, 15) is 9.67 Å². The summed E-state index contributed by atoms with van der Waals surface area (Å²) in [5.41, 5.74) is 0.510. The van der Waals surface area contributed by atoms with Gasteiger partial charge in [-0.25, -0.2) is 0 Å². The first-order chi connectivity index (χ1) is 24.0. The Morgan fingerprint density at radius 1 is 0.531 bits per heavy atom. The van der Waals surface area contributed by atoms with E-state index in [1.165, 1.54) is 13.2 Å². The Balaban J connectivity index is 1.55. The zero-order chi connectivity index (χ0) is 34.1. The highest BCUT2D eigenvalue weighted by Crippen LogP contribution is 2.56. The SMILES string of the molecule is COc1ccccc1OP(Oc1ccccc1O)OC(c1ccccc1)(c1ccccc1)c1ccccc1O[PH](=O)c1ccccc1OC. The molecule has 2 unspecified atom stereocenters. The van der Waals surface area contributed by atoms with Crippen molar-refractivity contribution in [3.8, 4) is 34.5 Å². The molecule has 0 spiro atoms. The highest BCUT2D eigenvalue weighted by molar-refractivity contribution is 7.49. The van der Waals surface area contributed by atoms with Crippen molar-refractivity contribution in [1.29, 1.82) is 0 Å². The predicted molar refractivity (Wildman–Crippen MR) is 192 cm³/mol. The molecule has 1 N–H and O–H groups in total. The van der Waals surface area contributed by atoms with Crippen LogP contribution >= 0.6 is 16.6 Å². The lowest BCUT2D eigenvalue weighted by Gasteiger charge is -2.37. The van der Waals surface area contributed by atoms with Crippen molar-refractivity contribution in [2.45, 2.75) is 5.60 Å². The Morgan fingerprint density at radius 2 is 1.00 bits per heavy atom. The summed E-state index contributed by atoms with van der Waals surface area (Å²) in [5, 5.41) is 11.2. The van der Waals surface area contributed by atoms with Crippen LogP contribution in [0.25, 0.3) is 0 Å². The third kappa shape index (κ3) is 7.43. The Morgan fingerprint density at radius 3 is 1.61 bits per heavy atom. The summed E-state index contributed by atoms with van der Waals surface area (Å²) in [5.74, 6) is 1.67. The lowest BCUT2D eigenvalue weighted by atomic mass is 9.80. The molecule has 6 rings (SSSR count). The van der Waals surface area contributed by atoms with E-state index in [0.717, 1.165) is 0 Å². The maximum absolute atomic E-state index is 13.9. The number of methoxy groups -OCH3 is 2. The smallest absolute Gasteiger partial charge is 0.464 e. The van der Waals surface area contributed by atoms with Crippen molar-refractivity contribution in [2.75, 3.05) is 14.2 Å². The zero-order valence-electron chi connectivity index (χ0n) is 26.8. The molecule has 10 heteroatoms. The van der Waals surface area contributed by atoms with Gasteiger partial charge in [-0.15, -0.1) is 0 Å². The van der Waals surface area contributed by atoms with Crippen molar-refractivity contribution < 1.29 is 37.2 Å². The lowest BCUT2D eigenvalue weighted by molar-refractivity contribution is 0.133. The van der Waals surface area contributed by atoms with Gasteiger partial charge in [0.05, 0.1) is 19.5 Å². The number of ether oxygens (including phenoxy) is 2. The van der Waals surface area contributed by atoms with Gasteiger partial charge in [-0.1, -0.05) is 115 Å². The summed E-state index contributed by atoms with van der Waals surface area (Å²) in [6, 6.07) is 47.3. The fourth-order valence-corrected chi connectivity index (χ4v) is 7.73. The quantitative estimate of drug-likeness (QED) is 0.0893. The monoisotopic (exact) mass is 692 g/mol. The second kappa shape index (κ2) is 15.8. The van der Waals surface area contributed by atoms with Crippen molar-refractivity contribution in [3.63, 3.8) is 0 Å². The Labute approximate surface area is 287 Å². The number of phenols is 1. The van der Waals surface area contributed by atoms with Crippen LogP contribution in [0.3, 0.4) is 0 Å². The highest BCUT2D eigenvalue weighted by atomic mass is 31.2. The number of para-hydroxylation sites is 6. The molecule has 0 saturated heterocycles. The second-order valence-electron chi connectivity index (χ2n) is 10.6. The molecule has 0 heterocycles. The first-order valence-corrected chi connectivity index (χ1v) is 17.8. The summed E-state index contributed by atoms with van der Waals surface area (Å²) >= 11 is 0. The molecule has 0 amide bonds. The predicted octanol–water partition coefficient (Wildman–Crippen LogP) is 9.28. The van der Waals surface area contributed by atoms with Crippen LogP contribution in [0, 0.1) is 0 Å². The maximum Gasteiger partial charge on any atom is 0.464 e. The number of aromatic hydroxyl groups is 1. The average molecular weight is 693 g/mol. The first-order valence-electron chi connectivity index (χ1n) is 15.4. The van der Waals surface area contributed by atoms with E-state index in [2.05, 4.69) is 0 Å². The van der Waals surface area contributed by atoms with Gasteiger partial charge in [-0.05, 0) is 53.6 Å². The number of benzene rings is 6. The number of hydrogen-bond acceptors (Lipinski definition) is 8. The van der Waals surface area contributed by atoms with Crippen LogP contribution in [0.4, 0.5) is 0 Å². The molecule has 0 aromatic heterocycles. The Bertz CT molecular complexity index is 1970. The summed E-state index contributed by atoms with van der Waals surface area (Å²) < 4.78 is 51.4. The molecule has 0 bridgehead atoms. The number of phenolic OH excluding ortho intramolecular Hbond substituents is 1. The van der Waals surface area contributed by atoms with E-state index in [0.29, 0.717) is 45.0 Å². The molecule has 6 aromatic carbocycles. The van der Waals surface area contributed by atoms with Gasteiger partial charge in [-0.3, -0.25) is 9.09 Å². The van der Waals surface area contributed by atoms with Gasteiger partial charge in [0, 0.05) is 5.56 Å². The van der Waals surface area contributed by atoms with E-state index in [1.807, 2.05) is 97.1 Å². The molecule has 248 valence electrons. The average Bonchev–Trinajstić information content (AvgIpc) is 3.16. The Kier molecular flexibility index (Phi) is 10.8. The van der Waals surface area contributed by atoms with Crippen LogP contribution in [-0.4, -0.2) is 19.3 Å². The summed E-state index contributed by atoms with van der Waals surface area (Å²) in [6.07, 6.45) is 0. The third-order valence-corrected chi connectivity index (χ3v) is 10.0. The van der Waals surface area contributed by atoms with Crippen LogP contribution in [0.5, 0.6) is 34.5 Å². The van der Waals surface area contributed by atoms with Crippen LogP contribution in [0.1, 0.15) is 16.7 Å². The van der Waals surface area contributed by atoms with Crippen molar-refractivity contribution in [2.24, 2.45) is 0 Å². The van der Waals surface area contributed by atoms with E-state index < -0.39 is 22.2 Å². The van der Waals surface area contributed by atoms with Crippen LogP contribution in [-0.2, 0) is 14.7 Å². The van der Waals surface area contributed by atoms with Crippen molar-refractivity contribution in [3.05, 3.63) is 174 Å². The van der Waals surface area contributed by atoms with Gasteiger partial charge in [0.1, 0.15) is 11.5 Å². The number of rotatable bonds is 14. The van der Waals surface area contributed by atoms with E-state index >= 15 is 0 Å². The first kappa shape index (κ1) is 33.6. The molecule has 0 aliphatic rings. The minimum absolute atomic E-state index is 0.0913. The maximum atomic E-state index is 13.9. The van der Waals surface area contributed by atoms with Gasteiger partial charge in [0.25, 0.3) is 8.03 Å². The molecule has 0 fully saturated rings. The van der Waals surface area contributed by atoms with Crippen molar-refractivity contribution >= 4 is 21.9 Å². The van der Waals surface area contributed by atoms with Gasteiger partial charge >= 0.3 is 8.60 Å². The van der Waals surface area contributed by atoms with Crippen LogP contribution in [0.2, 0.25) is 0 Å². The van der Waals surface area contributed by atoms with Crippen LogP contribution in [0.15, 0.2) is 158 Å². The molecule has 0 saturated carbocycles. The normalized spacial score (nSPS) is 12.4. The molecule has 2 atom stereocenters. The minimum atomic E-state index is -2.88. The van der Waals surface area contributed by atoms with Gasteiger partial charge in [0.2, 0.25) is 0 Å². The standard InChI is InChI=1S/C39H34O8P2/c1-42-35-25-13-14-26-36(35)46-49(45-34-24-12-10-22-32(34)40)47-39(29-17-5-3-6-18-29,30-19-7-4-8-20-30)31-21-9-11-23-33(31)44-48(41)38-28-16-15-27-37(38)43-2/h3-28,40,48H,1-2H3. The largest absolute Gasteiger partial charge is 0.504 e. The third-order valence-electron chi connectivity index (χ3n) is 7.65. The summed E-state index contributed by atoms with van der Waals surface area (Å²) in [7, 11) is -2.19. The van der Waals surface area contributed by atoms with E-state index in [-0.39, 0.29) is 11.5 Å². The fourth-order valence-electron chi connectivity index (χ4n) is 5.35. The molecule has 49 heavy (non-hydrogen) atoms. The summed E-state index contributed by atoms with van der Waals surface area (Å²) in [4.78, 5) is 0. The molecule has 0 aliphatic carbocycles. The molecular formula is C39H34O8P2. The molecule has 6 aromatic rings. The molecule has 0 aliphatic heterocycles. The molecule has 0 radical (unpaired) electrons. The van der Waals surface area contributed by atoms with Gasteiger partial charge < -0.3 is 28.2 Å². The highest BCUT2D eigenvalue weighted by Gasteiger charge is 2.45. The zero-order valence-corrected chi connectivity index (χ0v) is 28.7. The van der Waals surface area contributed by atoms with Crippen LogP contribution < -0.4 is 28.3 Å².